The molecule has 5 heteroatoms. The number of hydrogen-bond acceptors (Lipinski definition) is 4. The number of ether oxygens (including phenoxy) is 2. The summed E-state index contributed by atoms with van der Waals surface area (Å²) in [6.07, 6.45) is 0.935. The van der Waals surface area contributed by atoms with Gasteiger partial charge in [-0.3, -0.25) is 4.79 Å². The largest absolute Gasteiger partial charge is 0.497 e. The molecule has 0 bridgehead atoms. The third-order valence-electron chi connectivity index (χ3n) is 3.04. The first-order chi connectivity index (χ1) is 9.62. The summed E-state index contributed by atoms with van der Waals surface area (Å²) in [7, 11) is 3.24. The molecule has 1 unspecified atom stereocenters. The summed E-state index contributed by atoms with van der Waals surface area (Å²) in [5.41, 5.74) is 0.989. The van der Waals surface area contributed by atoms with E-state index in [1.54, 1.807) is 14.2 Å². The minimum atomic E-state index is -0.242. The summed E-state index contributed by atoms with van der Waals surface area (Å²) in [5.74, 6) is 1.51. The minimum Gasteiger partial charge on any atom is -0.497 e. The van der Waals surface area contributed by atoms with Crippen LogP contribution in [0.3, 0.4) is 0 Å². The summed E-state index contributed by atoms with van der Waals surface area (Å²) in [6, 6.07) is 5.40. The Morgan fingerprint density at radius 2 is 2.05 bits per heavy atom. The number of nitrogens with one attached hydrogen (secondary N) is 2. The van der Waals surface area contributed by atoms with Crippen LogP contribution < -0.4 is 20.1 Å². The van der Waals surface area contributed by atoms with Gasteiger partial charge >= 0.3 is 0 Å². The third kappa shape index (κ3) is 4.74. The lowest BCUT2D eigenvalue weighted by atomic mass is 10.1. The predicted octanol–water partition coefficient (Wildman–Crippen LogP) is 1.71. The van der Waals surface area contributed by atoms with E-state index in [2.05, 4.69) is 10.6 Å². The average molecular weight is 280 g/mol. The summed E-state index contributed by atoms with van der Waals surface area (Å²) in [4.78, 5) is 11.8. The van der Waals surface area contributed by atoms with E-state index in [1.807, 2.05) is 32.0 Å². The van der Waals surface area contributed by atoms with Crippen molar-refractivity contribution in [3.05, 3.63) is 23.8 Å². The molecule has 1 aromatic rings. The lowest BCUT2D eigenvalue weighted by molar-refractivity contribution is -0.122. The maximum Gasteiger partial charge on any atom is 0.236 e. The monoisotopic (exact) mass is 280 g/mol. The second-order valence-corrected chi connectivity index (χ2v) is 4.57. The van der Waals surface area contributed by atoms with Gasteiger partial charge in [-0.2, -0.15) is 0 Å². The zero-order valence-corrected chi connectivity index (χ0v) is 12.7. The van der Waals surface area contributed by atoms with E-state index in [-0.39, 0.29) is 11.9 Å². The lowest BCUT2D eigenvalue weighted by Crippen LogP contribution is -2.42. The molecule has 2 N–H and O–H groups in total. The number of rotatable bonds is 8. The van der Waals surface area contributed by atoms with Crippen molar-refractivity contribution >= 4 is 5.91 Å². The summed E-state index contributed by atoms with van der Waals surface area (Å²) >= 11 is 0. The molecule has 0 fully saturated rings. The van der Waals surface area contributed by atoms with Crippen molar-refractivity contribution in [1.29, 1.82) is 0 Å². The average Bonchev–Trinajstić information content (AvgIpc) is 2.49. The second-order valence-electron chi connectivity index (χ2n) is 4.57. The Morgan fingerprint density at radius 3 is 2.65 bits per heavy atom. The van der Waals surface area contributed by atoms with Gasteiger partial charge in [-0.15, -0.1) is 0 Å². The number of amides is 1. The molecule has 0 aromatic heterocycles. The fourth-order valence-electron chi connectivity index (χ4n) is 1.75. The molecule has 20 heavy (non-hydrogen) atoms. The molecule has 112 valence electrons. The Labute approximate surface area is 120 Å². The first-order valence-electron chi connectivity index (χ1n) is 6.84. The van der Waals surface area contributed by atoms with Gasteiger partial charge < -0.3 is 20.1 Å². The van der Waals surface area contributed by atoms with E-state index in [1.165, 1.54) is 0 Å². The molecule has 0 aliphatic carbocycles. The highest BCUT2D eigenvalue weighted by molar-refractivity contribution is 5.81. The van der Waals surface area contributed by atoms with Crippen LogP contribution in [0, 0.1) is 0 Å². The number of methoxy groups -OCH3 is 2. The number of hydrogen-bond donors (Lipinski definition) is 2. The first-order valence-corrected chi connectivity index (χ1v) is 6.84. The van der Waals surface area contributed by atoms with Gasteiger partial charge in [0.2, 0.25) is 5.91 Å². The minimum absolute atomic E-state index is 0.0133. The highest BCUT2D eigenvalue weighted by Crippen LogP contribution is 2.24. The Balaban J connectivity index is 2.58. The molecule has 1 atom stereocenters. The molecule has 0 saturated carbocycles. The van der Waals surface area contributed by atoms with Crippen LogP contribution in [0.4, 0.5) is 0 Å². The van der Waals surface area contributed by atoms with Gasteiger partial charge in [0.1, 0.15) is 11.5 Å². The van der Waals surface area contributed by atoms with Gasteiger partial charge in [-0.05, 0) is 19.4 Å². The van der Waals surface area contributed by atoms with Crippen molar-refractivity contribution in [3.8, 4) is 11.5 Å². The summed E-state index contributed by atoms with van der Waals surface area (Å²) < 4.78 is 10.5. The highest BCUT2D eigenvalue weighted by Gasteiger charge is 2.12. The van der Waals surface area contributed by atoms with E-state index in [0.717, 1.165) is 23.5 Å². The molecular weight excluding hydrogens is 256 g/mol. The normalized spacial score (nSPS) is 11.8. The predicted molar refractivity (Wildman–Crippen MR) is 79.1 cm³/mol. The Morgan fingerprint density at radius 1 is 1.30 bits per heavy atom. The van der Waals surface area contributed by atoms with Crippen molar-refractivity contribution in [2.45, 2.75) is 32.9 Å². The molecule has 1 amide bonds. The van der Waals surface area contributed by atoms with Crippen molar-refractivity contribution < 1.29 is 14.3 Å². The standard InChI is InChI=1S/C15H24N2O3/c1-5-8-16-15(18)11(2)17-10-12-6-7-13(19-3)9-14(12)20-4/h6-7,9,11,17H,5,8,10H2,1-4H3,(H,16,18). The van der Waals surface area contributed by atoms with Crippen molar-refractivity contribution in [3.63, 3.8) is 0 Å². The van der Waals surface area contributed by atoms with Gasteiger partial charge in [0.05, 0.1) is 20.3 Å². The number of benzene rings is 1. The molecule has 0 aliphatic heterocycles. The van der Waals surface area contributed by atoms with Crippen molar-refractivity contribution in [1.82, 2.24) is 10.6 Å². The molecular formula is C15H24N2O3. The maximum atomic E-state index is 11.8. The SMILES string of the molecule is CCCNC(=O)C(C)NCc1ccc(OC)cc1OC. The third-order valence-corrected chi connectivity index (χ3v) is 3.04. The quantitative estimate of drug-likeness (QED) is 0.761. The van der Waals surface area contributed by atoms with E-state index in [9.17, 15) is 4.79 Å². The van der Waals surface area contributed by atoms with Crippen LogP contribution in [0.25, 0.3) is 0 Å². The van der Waals surface area contributed by atoms with Gasteiger partial charge in [-0.1, -0.05) is 13.0 Å². The van der Waals surface area contributed by atoms with E-state index in [0.29, 0.717) is 13.1 Å². The van der Waals surface area contributed by atoms with Crippen LogP contribution in [-0.2, 0) is 11.3 Å². The molecule has 5 nitrogen and oxygen atoms in total. The van der Waals surface area contributed by atoms with E-state index >= 15 is 0 Å². The molecule has 1 rings (SSSR count). The van der Waals surface area contributed by atoms with Crippen LogP contribution in [0.1, 0.15) is 25.8 Å². The van der Waals surface area contributed by atoms with Crippen LogP contribution >= 0.6 is 0 Å². The molecule has 0 saturated heterocycles. The van der Waals surface area contributed by atoms with E-state index < -0.39 is 0 Å². The van der Waals surface area contributed by atoms with Crippen LogP contribution in [0.5, 0.6) is 11.5 Å². The zero-order valence-electron chi connectivity index (χ0n) is 12.7. The summed E-state index contributed by atoms with van der Waals surface area (Å²) in [5, 5.41) is 6.05. The highest BCUT2D eigenvalue weighted by atomic mass is 16.5. The Kier molecular flexibility index (Phi) is 6.87. The van der Waals surface area contributed by atoms with Crippen molar-refractivity contribution in [2.75, 3.05) is 20.8 Å². The van der Waals surface area contributed by atoms with Crippen LogP contribution in [-0.4, -0.2) is 32.7 Å². The maximum absolute atomic E-state index is 11.8. The Bertz CT molecular complexity index is 435. The van der Waals surface area contributed by atoms with Crippen LogP contribution in [0.15, 0.2) is 18.2 Å². The topological polar surface area (TPSA) is 59.6 Å². The number of carbonyl (C=O) groups excluding carboxylic acids is 1. The molecule has 0 spiro atoms. The fraction of sp³-hybridized carbons (Fsp3) is 0.533. The van der Waals surface area contributed by atoms with Gasteiger partial charge in [0, 0.05) is 24.7 Å². The van der Waals surface area contributed by atoms with E-state index in [4.69, 9.17) is 9.47 Å². The van der Waals surface area contributed by atoms with Gasteiger partial charge in [0.25, 0.3) is 0 Å². The first kappa shape index (κ1) is 16.3. The molecule has 0 aliphatic rings. The lowest BCUT2D eigenvalue weighted by Gasteiger charge is -2.15. The zero-order chi connectivity index (χ0) is 15.0. The van der Waals surface area contributed by atoms with Gasteiger partial charge in [0.15, 0.2) is 0 Å². The van der Waals surface area contributed by atoms with Crippen LogP contribution in [0.2, 0.25) is 0 Å². The fourth-order valence-corrected chi connectivity index (χ4v) is 1.75. The molecule has 1 aromatic carbocycles. The number of carbonyl (C=O) groups is 1. The second kappa shape index (κ2) is 8.43. The molecule has 0 radical (unpaired) electrons. The molecule has 0 heterocycles. The van der Waals surface area contributed by atoms with Crippen molar-refractivity contribution in [2.24, 2.45) is 0 Å². The summed E-state index contributed by atoms with van der Waals surface area (Å²) in [6.45, 7) is 5.15. The smallest absolute Gasteiger partial charge is 0.236 e. The Hall–Kier alpha value is -1.75. The van der Waals surface area contributed by atoms with Gasteiger partial charge in [-0.25, -0.2) is 0 Å².